The third kappa shape index (κ3) is 7.79. The van der Waals surface area contributed by atoms with E-state index in [1.807, 2.05) is 13.8 Å². The highest BCUT2D eigenvalue weighted by molar-refractivity contribution is 6.39. The summed E-state index contributed by atoms with van der Waals surface area (Å²) in [6.07, 6.45) is 0.162. The molecule has 0 atom stereocenters. The van der Waals surface area contributed by atoms with Gasteiger partial charge in [0.2, 0.25) is 5.70 Å². The van der Waals surface area contributed by atoms with Gasteiger partial charge in [0, 0.05) is 38.0 Å². The van der Waals surface area contributed by atoms with Crippen LogP contribution >= 0.6 is 23.2 Å². The number of nitrogens with one attached hydrogen (secondary N) is 1. The number of hydrogen-bond acceptors (Lipinski definition) is 5. The molecule has 13 heteroatoms. The summed E-state index contributed by atoms with van der Waals surface area (Å²) in [4.78, 5) is 42.8. The van der Waals surface area contributed by atoms with Crippen LogP contribution in [0.5, 0.6) is 0 Å². The molecule has 0 aliphatic heterocycles. The molecule has 2 saturated carbocycles. The maximum atomic E-state index is 14.2. The topological polar surface area (TPSA) is 128 Å². The molecule has 2 aliphatic rings. The molecule has 1 aromatic rings. The van der Waals surface area contributed by atoms with Crippen LogP contribution in [0.3, 0.4) is 0 Å². The number of alkyl halides is 3. The fourth-order valence-corrected chi connectivity index (χ4v) is 6.20. The Morgan fingerprint density at radius 2 is 1.72 bits per heavy atom. The van der Waals surface area contributed by atoms with E-state index in [0.717, 1.165) is 23.1 Å². The molecule has 2 aliphatic carbocycles. The Kier molecular flexibility index (Phi) is 9.82. The first-order valence-electron chi connectivity index (χ1n) is 12.6. The number of Topliss-reactive ketones (excluding diaryl/α,β-unsaturated/α-hetero) is 1. The molecule has 2 fully saturated rings. The second-order valence-corrected chi connectivity index (χ2v) is 11.9. The summed E-state index contributed by atoms with van der Waals surface area (Å²) in [7, 11) is 0. The number of quaternary nitrogens is 1. The Balaban J connectivity index is 1.92. The number of nitrogens with zero attached hydrogens (tertiary/aromatic N) is 2. The molecule has 4 N–H and O–H groups in total. The van der Waals surface area contributed by atoms with Gasteiger partial charge >= 0.3 is 12.1 Å². The van der Waals surface area contributed by atoms with Gasteiger partial charge in [-0.05, 0) is 37.0 Å². The van der Waals surface area contributed by atoms with E-state index >= 15 is 0 Å². The third-order valence-corrected chi connectivity index (χ3v) is 7.98. The van der Waals surface area contributed by atoms with Crippen LogP contribution in [0, 0.1) is 22.7 Å². The molecular weight excluding hydrogens is 560 g/mol. The van der Waals surface area contributed by atoms with Crippen LogP contribution < -0.4 is 5.32 Å². The summed E-state index contributed by atoms with van der Waals surface area (Å²) >= 11 is 12.2. The maximum Gasteiger partial charge on any atom is 0.467 e. The normalized spacial score (nSPS) is 21.9. The zero-order valence-electron chi connectivity index (χ0n) is 21.7. The SMILES string of the molecule is CC1(C)CC(CN(CC(=O)c2c(Cl)cncc2Cl)C(=O)C(C=N)=C([NH2+]C2CCC(C(=O)O)CC2)C(F)(F)F)C1. The number of carbonyl (C=O) groups is 3. The maximum absolute atomic E-state index is 14.2. The van der Waals surface area contributed by atoms with Crippen LogP contribution in [-0.2, 0) is 9.59 Å². The second-order valence-electron chi connectivity index (χ2n) is 11.1. The van der Waals surface area contributed by atoms with Crippen molar-refractivity contribution >= 4 is 47.1 Å². The molecular formula is C26H32Cl2F3N4O4+. The van der Waals surface area contributed by atoms with Gasteiger partial charge in [-0.1, -0.05) is 37.0 Å². The lowest BCUT2D eigenvalue weighted by atomic mass is 9.64. The van der Waals surface area contributed by atoms with Crippen LogP contribution in [0.25, 0.3) is 0 Å². The molecule has 214 valence electrons. The summed E-state index contributed by atoms with van der Waals surface area (Å²) in [6.45, 7) is 3.53. The van der Waals surface area contributed by atoms with Crippen molar-refractivity contribution in [3.63, 3.8) is 0 Å². The molecule has 3 rings (SSSR count). The van der Waals surface area contributed by atoms with Crippen molar-refractivity contribution in [1.29, 1.82) is 5.41 Å². The van der Waals surface area contributed by atoms with Gasteiger partial charge in [0.1, 0.15) is 5.57 Å². The first kappa shape index (κ1) is 31.0. The molecule has 1 heterocycles. The number of amides is 1. The van der Waals surface area contributed by atoms with Gasteiger partial charge in [-0.2, -0.15) is 13.2 Å². The Labute approximate surface area is 234 Å². The lowest BCUT2D eigenvalue weighted by Gasteiger charge is -2.44. The molecule has 0 radical (unpaired) electrons. The number of halogens is 5. The van der Waals surface area contributed by atoms with Crippen molar-refractivity contribution in [2.75, 3.05) is 13.1 Å². The van der Waals surface area contributed by atoms with Crippen molar-refractivity contribution in [3.8, 4) is 0 Å². The first-order chi connectivity index (χ1) is 18.1. The summed E-state index contributed by atoms with van der Waals surface area (Å²) in [5.74, 6) is -3.38. The zero-order valence-corrected chi connectivity index (χ0v) is 23.2. The van der Waals surface area contributed by atoms with Crippen LogP contribution in [0.2, 0.25) is 10.0 Å². The van der Waals surface area contributed by atoms with Crippen molar-refractivity contribution in [3.05, 3.63) is 39.3 Å². The van der Waals surface area contributed by atoms with E-state index < -0.39 is 53.6 Å². The fraction of sp³-hybridized carbons (Fsp3) is 0.577. The third-order valence-electron chi connectivity index (χ3n) is 7.41. The number of nitrogens with two attached hydrogens (primary N) is 1. The molecule has 0 bridgehead atoms. The lowest BCUT2D eigenvalue weighted by molar-refractivity contribution is -0.663. The molecule has 39 heavy (non-hydrogen) atoms. The minimum Gasteiger partial charge on any atom is -0.481 e. The highest BCUT2D eigenvalue weighted by Crippen LogP contribution is 2.45. The number of allylic oxidation sites excluding steroid dienone is 1. The van der Waals surface area contributed by atoms with Gasteiger partial charge in [-0.25, -0.2) is 0 Å². The Morgan fingerprint density at radius 1 is 1.15 bits per heavy atom. The van der Waals surface area contributed by atoms with Gasteiger partial charge in [-0.3, -0.25) is 19.4 Å². The average molecular weight is 592 g/mol. The fourth-order valence-electron chi connectivity index (χ4n) is 5.62. The molecule has 0 aromatic carbocycles. The molecule has 1 amide bonds. The van der Waals surface area contributed by atoms with Gasteiger partial charge in [0.15, 0.2) is 5.78 Å². The molecule has 0 saturated heterocycles. The number of carboxylic acid groups (broad SMARTS) is 1. The number of aromatic nitrogens is 1. The molecule has 1 aromatic heterocycles. The summed E-state index contributed by atoms with van der Waals surface area (Å²) in [5.41, 5.74) is -2.20. The number of rotatable bonds is 10. The van der Waals surface area contributed by atoms with Gasteiger partial charge in [-0.15, -0.1) is 0 Å². The van der Waals surface area contributed by atoms with Gasteiger partial charge in [0.05, 0.1) is 34.1 Å². The van der Waals surface area contributed by atoms with E-state index in [1.165, 1.54) is 12.4 Å². The van der Waals surface area contributed by atoms with Crippen LogP contribution in [-0.4, -0.2) is 64.2 Å². The van der Waals surface area contributed by atoms with E-state index in [0.29, 0.717) is 6.21 Å². The molecule has 8 nitrogen and oxygen atoms in total. The van der Waals surface area contributed by atoms with Crippen molar-refractivity contribution in [2.45, 2.75) is 64.6 Å². The van der Waals surface area contributed by atoms with E-state index in [9.17, 15) is 32.7 Å². The highest BCUT2D eigenvalue weighted by atomic mass is 35.5. The van der Waals surface area contributed by atoms with Crippen LogP contribution in [0.1, 0.15) is 62.7 Å². The van der Waals surface area contributed by atoms with Gasteiger partial charge < -0.3 is 20.7 Å². The van der Waals surface area contributed by atoms with Crippen molar-refractivity contribution in [2.24, 2.45) is 17.3 Å². The quantitative estimate of drug-likeness (QED) is 0.209. The van der Waals surface area contributed by atoms with E-state index in [1.54, 1.807) is 0 Å². The van der Waals surface area contributed by atoms with Crippen molar-refractivity contribution < 1.29 is 38.0 Å². The average Bonchev–Trinajstić information content (AvgIpc) is 2.81. The van der Waals surface area contributed by atoms with Crippen LogP contribution in [0.15, 0.2) is 23.7 Å². The van der Waals surface area contributed by atoms with E-state index in [4.69, 9.17) is 28.6 Å². The minimum atomic E-state index is -4.95. The predicted molar refractivity (Wildman–Crippen MR) is 139 cm³/mol. The second kappa shape index (κ2) is 12.3. The molecule has 0 unspecified atom stereocenters. The lowest BCUT2D eigenvalue weighted by Crippen LogP contribution is -2.91. The minimum absolute atomic E-state index is 0.0149. The summed E-state index contributed by atoms with van der Waals surface area (Å²) in [6, 6.07) is -0.600. The summed E-state index contributed by atoms with van der Waals surface area (Å²) < 4.78 is 42.7. The number of ketones is 1. The Bertz CT molecular complexity index is 1140. The number of carbonyl (C=O) groups excluding carboxylic acids is 2. The molecule has 0 spiro atoms. The number of aliphatic carboxylic acids is 1. The van der Waals surface area contributed by atoms with Crippen LogP contribution in [0.4, 0.5) is 13.2 Å². The Morgan fingerprint density at radius 3 is 2.18 bits per heavy atom. The number of pyridine rings is 1. The first-order valence-corrected chi connectivity index (χ1v) is 13.4. The number of hydrogen-bond donors (Lipinski definition) is 3. The summed E-state index contributed by atoms with van der Waals surface area (Å²) in [5, 5.41) is 17.8. The Hall–Kier alpha value is -2.50. The van der Waals surface area contributed by atoms with E-state index in [2.05, 4.69) is 4.98 Å². The largest absolute Gasteiger partial charge is 0.481 e. The standard InChI is InChI=1S/C26H31Cl2F3N4O4/c1-25(2)7-14(8-25)12-35(13-20(36)21-18(27)10-33-11-19(21)28)23(37)17(9-32)22(26(29,30)31)34-16-5-3-15(4-6-16)24(38)39/h9-11,14-16,32,34H,3-8,12-13H2,1-2H3,(H,38,39)/p+1. The zero-order chi connectivity index (χ0) is 29.1. The van der Waals surface area contributed by atoms with Crippen molar-refractivity contribution in [1.82, 2.24) is 9.88 Å². The van der Waals surface area contributed by atoms with E-state index in [-0.39, 0.29) is 59.2 Å². The predicted octanol–water partition coefficient (Wildman–Crippen LogP) is 4.51. The highest BCUT2D eigenvalue weighted by Gasteiger charge is 2.46. The smallest absolute Gasteiger partial charge is 0.467 e. The monoisotopic (exact) mass is 591 g/mol. The van der Waals surface area contributed by atoms with Gasteiger partial charge in [0.25, 0.3) is 5.91 Å². The number of carboxylic acids is 1.